The van der Waals surface area contributed by atoms with Crippen molar-refractivity contribution in [3.63, 3.8) is 0 Å². The minimum absolute atomic E-state index is 0.00546. The molecular weight excluding hydrogens is 250 g/mol. The number of carbonyl (C=O) groups is 1. The first-order valence-electron chi connectivity index (χ1n) is 4.46. The molecule has 16 heavy (non-hydrogen) atoms. The fourth-order valence-electron chi connectivity index (χ4n) is 0.911. The molecule has 0 aromatic heterocycles. The summed E-state index contributed by atoms with van der Waals surface area (Å²) in [5.74, 6) is -1.26. The summed E-state index contributed by atoms with van der Waals surface area (Å²) in [6.45, 7) is 1.24. The SMILES string of the molecule is CC(O)(CSc1cc(N)ccc1Cl)C(=O)O. The summed E-state index contributed by atoms with van der Waals surface area (Å²) >= 11 is 7.05. The highest BCUT2D eigenvalue weighted by atomic mass is 35.5. The van der Waals surface area contributed by atoms with Crippen LogP contribution in [0.25, 0.3) is 0 Å². The standard InChI is InChI=1S/C10H12ClNO3S/c1-10(15,9(13)14)5-16-8-4-6(12)2-3-7(8)11/h2-4,15H,5,12H2,1H3,(H,13,14). The summed E-state index contributed by atoms with van der Waals surface area (Å²) in [6.07, 6.45) is 0. The second-order valence-corrected chi connectivity index (χ2v) is 4.98. The zero-order chi connectivity index (χ0) is 12.3. The molecule has 1 aromatic carbocycles. The zero-order valence-corrected chi connectivity index (χ0v) is 10.2. The Morgan fingerprint density at radius 2 is 2.25 bits per heavy atom. The lowest BCUT2D eigenvalue weighted by atomic mass is 10.1. The van der Waals surface area contributed by atoms with Crippen LogP contribution in [0.2, 0.25) is 5.02 Å². The number of nitrogen functional groups attached to an aromatic ring is 1. The van der Waals surface area contributed by atoms with E-state index in [-0.39, 0.29) is 5.75 Å². The first-order valence-corrected chi connectivity index (χ1v) is 5.83. The number of carboxylic acids is 1. The molecule has 1 atom stereocenters. The van der Waals surface area contributed by atoms with Gasteiger partial charge >= 0.3 is 5.97 Å². The number of nitrogens with two attached hydrogens (primary N) is 1. The normalized spacial score (nSPS) is 14.4. The lowest BCUT2D eigenvalue weighted by Gasteiger charge is -2.17. The number of aliphatic carboxylic acids is 1. The third-order valence-corrected chi connectivity index (χ3v) is 3.72. The first kappa shape index (κ1) is 13.2. The van der Waals surface area contributed by atoms with E-state index in [9.17, 15) is 9.90 Å². The molecule has 0 aliphatic rings. The van der Waals surface area contributed by atoms with Gasteiger partial charge in [-0.2, -0.15) is 0 Å². The van der Waals surface area contributed by atoms with Gasteiger partial charge in [-0.3, -0.25) is 0 Å². The summed E-state index contributed by atoms with van der Waals surface area (Å²) in [5.41, 5.74) is 4.34. The molecule has 0 aliphatic carbocycles. The molecule has 0 amide bonds. The largest absolute Gasteiger partial charge is 0.479 e. The van der Waals surface area contributed by atoms with Crippen molar-refractivity contribution in [2.75, 3.05) is 11.5 Å². The van der Waals surface area contributed by atoms with E-state index in [1.165, 1.54) is 6.92 Å². The predicted octanol–water partition coefficient (Wildman–Crippen LogP) is 1.85. The summed E-state index contributed by atoms with van der Waals surface area (Å²) in [6, 6.07) is 4.93. The highest BCUT2D eigenvalue weighted by Gasteiger charge is 2.30. The van der Waals surface area contributed by atoms with Crippen LogP contribution >= 0.6 is 23.4 Å². The predicted molar refractivity (Wildman–Crippen MR) is 64.8 cm³/mol. The number of halogens is 1. The van der Waals surface area contributed by atoms with Crippen molar-refractivity contribution in [1.29, 1.82) is 0 Å². The molecule has 88 valence electrons. The van der Waals surface area contributed by atoms with Crippen LogP contribution in [0.4, 0.5) is 5.69 Å². The van der Waals surface area contributed by atoms with Gasteiger partial charge in [0.2, 0.25) is 0 Å². The maximum atomic E-state index is 10.7. The van der Waals surface area contributed by atoms with E-state index in [2.05, 4.69) is 0 Å². The molecule has 1 unspecified atom stereocenters. The van der Waals surface area contributed by atoms with Gasteiger partial charge in [0.05, 0.1) is 5.02 Å². The minimum Gasteiger partial charge on any atom is -0.479 e. The van der Waals surface area contributed by atoms with E-state index < -0.39 is 11.6 Å². The number of hydrogen-bond donors (Lipinski definition) is 3. The Morgan fingerprint density at radius 1 is 1.62 bits per heavy atom. The molecule has 0 saturated carbocycles. The van der Waals surface area contributed by atoms with Crippen molar-refractivity contribution in [3.05, 3.63) is 23.2 Å². The summed E-state index contributed by atoms with van der Waals surface area (Å²) in [4.78, 5) is 11.3. The third-order valence-electron chi connectivity index (χ3n) is 1.92. The van der Waals surface area contributed by atoms with Crippen LogP contribution in [0.3, 0.4) is 0 Å². The van der Waals surface area contributed by atoms with Crippen LogP contribution in [0.1, 0.15) is 6.92 Å². The van der Waals surface area contributed by atoms with Gasteiger partial charge in [0.25, 0.3) is 0 Å². The fourth-order valence-corrected chi connectivity index (χ4v) is 2.18. The molecule has 0 heterocycles. The number of thioether (sulfide) groups is 1. The Morgan fingerprint density at radius 3 is 2.81 bits per heavy atom. The van der Waals surface area contributed by atoms with E-state index in [4.69, 9.17) is 22.4 Å². The minimum atomic E-state index is -1.78. The first-order chi connectivity index (χ1) is 7.33. The summed E-state index contributed by atoms with van der Waals surface area (Å²) < 4.78 is 0. The molecule has 0 saturated heterocycles. The molecule has 0 bridgehead atoms. The Kier molecular flexibility index (Phi) is 4.07. The Hall–Kier alpha value is -0.910. The quantitative estimate of drug-likeness (QED) is 0.569. The van der Waals surface area contributed by atoms with Crippen molar-refractivity contribution in [3.8, 4) is 0 Å². The van der Waals surface area contributed by atoms with E-state index >= 15 is 0 Å². The van der Waals surface area contributed by atoms with Crippen molar-refractivity contribution in [2.45, 2.75) is 17.4 Å². The van der Waals surface area contributed by atoms with Gasteiger partial charge < -0.3 is 15.9 Å². The fraction of sp³-hybridized carbons (Fsp3) is 0.300. The molecule has 4 N–H and O–H groups in total. The van der Waals surface area contributed by atoms with Gasteiger partial charge in [0, 0.05) is 16.3 Å². The molecule has 0 fully saturated rings. The average molecular weight is 262 g/mol. The van der Waals surface area contributed by atoms with Crippen LogP contribution in [-0.2, 0) is 4.79 Å². The number of carboxylic acid groups (broad SMARTS) is 1. The smallest absolute Gasteiger partial charge is 0.336 e. The lowest BCUT2D eigenvalue weighted by molar-refractivity contribution is -0.154. The second-order valence-electron chi connectivity index (χ2n) is 3.56. The summed E-state index contributed by atoms with van der Waals surface area (Å²) in [5, 5.41) is 18.7. The average Bonchev–Trinajstić information content (AvgIpc) is 2.19. The molecular formula is C10H12ClNO3S. The van der Waals surface area contributed by atoms with Crippen LogP contribution in [0, 0.1) is 0 Å². The molecule has 1 rings (SSSR count). The van der Waals surface area contributed by atoms with Crippen LogP contribution in [-0.4, -0.2) is 27.5 Å². The van der Waals surface area contributed by atoms with Crippen molar-refractivity contribution in [2.24, 2.45) is 0 Å². The topological polar surface area (TPSA) is 83.5 Å². The maximum absolute atomic E-state index is 10.7. The zero-order valence-electron chi connectivity index (χ0n) is 8.61. The monoisotopic (exact) mass is 261 g/mol. The van der Waals surface area contributed by atoms with Gasteiger partial charge in [0.1, 0.15) is 0 Å². The van der Waals surface area contributed by atoms with E-state index in [1.54, 1.807) is 18.2 Å². The second kappa shape index (κ2) is 4.95. The number of aliphatic hydroxyl groups is 1. The third kappa shape index (κ3) is 3.30. The lowest BCUT2D eigenvalue weighted by Crippen LogP contribution is -2.37. The highest BCUT2D eigenvalue weighted by Crippen LogP contribution is 2.31. The molecule has 0 radical (unpaired) electrons. The molecule has 1 aromatic rings. The molecule has 0 aliphatic heterocycles. The molecule has 6 heteroatoms. The van der Waals surface area contributed by atoms with Crippen molar-refractivity contribution in [1.82, 2.24) is 0 Å². The van der Waals surface area contributed by atoms with Crippen LogP contribution < -0.4 is 5.73 Å². The Labute approximate surface area is 102 Å². The van der Waals surface area contributed by atoms with Gasteiger partial charge in [-0.05, 0) is 25.1 Å². The van der Waals surface area contributed by atoms with E-state index in [1.807, 2.05) is 0 Å². The highest BCUT2D eigenvalue weighted by molar-refractivity contribution is 7.99. The van der Waals surface area contributed by atoms with E-state index in [0.717, 1.165) is 11.8 Å². The van der Waals surface area contributed by atoms with Crippen LogP contribution in [0.15, 0.2) is 23.1 Å². The number of benzene rings is 1. The number of rotatable bonds is 4. The number of anilines is 1. The van der Waals surface area contributed by atoms with Crippen molar-refractivity contribution >= 4 is 35.0 Å². The molecule has 4 nitrogen and oxygen atoms in total. The van der Waals surface area contributed by atoms with E-state index in [0.29, 0.717) is 15.6 Å². The van der Waals surface area contributed by atoms with Gasteiger partial charge in [-0.1, -0.05) is 11.6 Å². The molecule has 0 spiro atoms. The van der Waals surface area contributed by atoms with Gasteiger partial charge in [0.15, 0.2) is 5.60 Å². The number of hydrogen-bond acceptors (Lipinski definition) is 4. The van der Waals surface area contributed by atoms with Gasteiger partial charge in [-0.25, -0.2) is 4.79 Å². The summed E-state index contributed by atoms with van der Waals surface area (Å²) in [7, 11) is 0. The van der Waals surface area contributed by atoms with Gasteiger partial charge in [-0.15, -0.1) is 11.8 Å². The Bertz CT molecular complexity index is 409. The van der Waals surface area contributed by atoms with Crippen LogP contribution in [0.5, 0.6) is 0 Å². The Balaban J connectivity index is 2.75. The van der Waals surface area contributed by atoms with Crippen molar-refractivity contribution < 1.29 is 15.0 Å². The maximum Gasteiger partial charge on any atom is 0.336 e.